The molecule has 0 unspecified atom stereocenters. The van der Waals surface area contributed by atoms with Gasteiger partial charge in [0, 0.05) is 4.88 Å². The van der Waals surface area contributed by atoms with Crippen LogP contribution >= 0.6 is 11.3 Å². The highest BCUT2D eigenvalue weighted by Crippen LogP contribution is 2.19. The summed E-state index contributed by atoms with van der Waals surface area (Å²) >= 11 is 0.888. The summed E-state index contributed by atoms with van der Waals surface area (Å²) in [6, 6.07) is 2.76. The number of halogens is 3. The first-order chi connectivity index (χ1) is 9.25. The van der Waals surface area contributed by atoms with Crippen LogP contribution in [-0.4, -0.2) is 36.0 Å². The highest BCUT2D eigenvalue weighted by Gasteiger charge is 2.38. The van der Waals surface area contributed by atoms with E-state index < -0.39 is 18.1 Å². The van der Waals surface area contributed by atoms with Gasteiger partial charge in [-0.15, -0.1) is 11.3 Å². The number of hydrogen-bond acceptors (Lipinski definition) is 5. The summed E-state index contributed by atoms with van der Waals surface area (Å²) in [6.45, 7) is -0.358. The molecule has 110 valence electrons. The lowest BCUT2D eigenvalue weighted by atomic mass is 10.3. The molecule has 6 nitrogen and oxygen atoms in total. The molecule has 20 heavy (non-hydrogen) atoms. The van der Waals surface area contributed by atoms with Gasteiger partial charge in [0.25, 0.3) is 0 Å². The smallest absolute Gasteiger partial charge is 0.471 e. The minimum Gasteiger partial charge on any atom is -0.476 e. The third-order valence-corrected chi connectivity index (χ3v) is 3.05. The molecule has 0 spiro atoms. The Morgan fingerprint density at radius 1 is 1.45 bits per heavy atom. The molecule has 2 N–H and O–H groups in total. The minimum absolute atomic E-state index is 0.204. The topological polar surface area (TPSA) is 88.0 Å². The molecule has 0 aliphatic rings. The second-order valence-electron chi connectivity index (χ2n) is 3.37. The molecular formula is C10H9F3N2O4S. The Kier molecular flexibility index (Phi) is 5.08. The van der Waals surface area contributed by atoms with E-state index in [-0.39, 0.29) is 17.1 Å². The quantitative estimate of drug-likeness (QED) is 0.635. The van der Waals surface area contributed by atoms with E-state index in [4.69, 9.17) is 5.11 Å². The van der Waals surface area contributed by atoms with Crippen LogP contribution < -0.4 is 5.32 Å². The van der Waals surface area contributed by atoms with Gasteiger partial charge in [-0.2, -0.15) is 13.2 Å². The van der Waals surface area contributed by atoms with Gasteiger partial charge in [0.15, 0.2) is 0 Å². The number of thiophene rings is 1. The first-order valence-corrected chi connectivity index (χ1v) is 5.86. The van der Waals surface area contributed by atoms with Crippen molar-refractivity contribution in [3.8, 4) is 0 Å². The molecule has 0 fully saturated rings. The number of carbonyl (C=O) groups excluding carboxylic acids is 1. The Balaban J connectivity index is 2.76. The van der Waals surface area contributed by atoms with Crippen LogP contribution in [0.4, 0.5) is 13.2 Å². The van der Waals surface area contributed by atoms with Crippen molar-refractivity contribution in [3.63, 3.8) is 0 Å². The van der Waals surface area contributed by atoms with Gasteiger partial charge in [0.1, 0.15) is 7.11 Å². The monoisotopic (exact) mass is 310 g/mol. The van der Waals surface area contributed by atoms with Crippen molar-refractivity contribution in [2.45, 2.75) is 12.7 Å². The van der Waals surface area contributed by atoms with Crippen LogP contribution in [0.1, 0.15) is 9.75 Å². The number of aliphatic carboxylic acids is 1. The van der Waals surface area contributed by atoms with E-state index in [1.54, 1.807) is 5.32 Å². The molecule has 0 bridgehead atoms. The predicted octanol–water partition coefficient (Wildman–Crippen LogP) is 1.36. The average molecular weight is 310 g/mol. The maximum Gasteiger partial charge on any atom is 0.471 e. The summed E-state index contributed by atoms with van der Waals surface area (Å²) in [5.41, 5.74) is -0.370. The number of hydrogen-bond donors (Lipinski definition) is 2. The molecule has 0 saturated carbocycles. The Bertz CT molecular complexity index is 539. The molecule has 0 atom stereocenters. The van der Waals surface area contributed by atoms with Gasteiger partial charge in [-0.25, -0.2) is 4.79 Å². The van der Waals surface area contributed by atoms with E-state index in [9.17, 15) is 22.8 Å². The zero-order valence-electron chi connectivity index (χ0n) is 10.0. The number of carboxylic acid groups (broad SMARTS) is 1. The van der Waals surface area contributed by atoms with E-state index in [1.807, 2.05) is 0 Å². The molecule has 0 aliphatic heterocycles. The van der Waals surface area contributed by atoms with Crippen molar-refractivity contribution in [3.05, 3.63) is 21.9 Å². The normalized spacial score (nSPS) is 12.1. The van der Waals surface area contributed by atoms with Crippen molar-refractivity contribution in [1.29, 1.82) is 0 Å². The van der Waals surface area contributed by atoms with Gasteiger partial charge < -0.3 is 15.3 Å². The highest BCUT2D eigenvalue weighted by atomic mass is 32.1. The lowest BCUT2D eigenvalue weighted by molar-refractivity contribution is -0.173. The van der Waals surface area contributed by atoms with Gasteiger partial charge in [-0.05, 0) is 12.1 Å². The van der Waals surface area contributed by atoms with Crippen LogP contribution in [0.3, 0.4) is 0 Å². The minimum atomic E-state index is -4.95. The summed E-state index contributed by atoms with van der Waals surface area (Å²) in [5, 5.41) is 13.9. The molecule has 0 aromatic carbocycles. The molecule has 1 heterocycles. The van der Waals surface area contributed by atoms with Gasteiger partial charge in [0.05, 0.1) is 11.4 Å². The third kappa shape index (κ3) is 4.23. The number of oxime groups is 1. The van der Waals surface area contributed by atoms with Gasteiger partial charge in [-0.3, -0.25) is 4.79 Å². The fourth-order valence-electron chi connectivity index (χ4n) is 1.15. The molecular weight excluding hydrogens is 301 g/mol. The SMILES string of the molecule is CO/N=C(\C(=O)O)c1ccc(CNC(=O)C(F)(F)F)s1. The van der Waals surface area contributed by atoms with Crippen molar-refractivity contribution < 1.29 is 32.7 Å². The first kappa shape index (κ1) is 16.0. The molecule has 0 radical (unpaired) electrons. The summed E-state index contributed by atoms with van der Waals surface area (Å²) in [7, 11) is 1.17. The lowest BCUT2D eigenvalue weighted by Gasteiger charge is -2.06. The number of amides is 1. The summed E-state index contributed by atoms with van der Waals surface area (Å²) in [5.74, 6) is -3.39. The maximum atomic E-state index is 12.0. The largest absolute Gasteiger partial charge is 0.476 e. The van der Waals surface area contributed by atoms with Crippen molar-refractivity contribution in [1.82, 2.24) is 5.32 Å². The zero-order chi connectivity index (χ0) is 15.3. The number of rotatable bonds is 5. The van der Waals surface area contributed by atoms with E-state index >= 15 is 0 Å². The first-order valence-electron chi connectivity index (χ1n) is 5.04. The standard InChI is InChI=1S/C10H9F3N2O4S/c1-19-15-7(8(16)17)6-3-2-5(20-6)4-14-9(18)10(11,12)13/h2-3H,4H2,1H3,(H,14,18)(H,16,17)/b15-7-. The molecule has 1 aromatic heterocycles. The van der Waals surface area contributed by atoms with Crippen molar-refractivity contribution in [2.75, 3.05) is 7.11 Å². The molecule has 0 saturated heterocycles. The van der Waals surface area contributed by atoms with Gasteiger partial charge in [-0.1, -0.05) is 5.16 Å². The molecule has 0 aliphatic carbocycles. The summed E-state index contributed by atoms with van der Waals surface area (Å²) in [6.07, 6.45) is -4.95. The van der Waals surface area contributed by atoms with E-state index in [1.165, 1.54) is 19.2 Å². The Labute approximate surface area is 114 Å². The van der Waals surface area contributed by atoms with Crippen molar-refractivity contribution >= 4 is 28.9 Å². The van der Waals surface area contributed by atoms with Crippen molar-refractivity contribution in [2.24, 2.45) is 5.16 Å². The predicted molar refractivity (Wildman–Crippen MR) is 63.4 cm³/mol. The number of carboxylic acids is 1. The molecule has 1 rings (SSSR count). The molecule has 1 amide bonds. The number of carbonyl (C=O) groups is 2. The fourth-order valence-corrected chi connectivity index (χ4v) is 2.07. The Morgan fingerprint density at radius 2 is 2.10 bits per heavy atom. The second kappa shape index (κ2) is 6.37. The van der Waals surface area contributed by atoms with E-state index in [0.29, 0.717) is 4.88 Å². The lowest BCUT2D eigenvalue weighted by Crippen LogP contribution is -2.36. The third-order valence-electron chi connectivity index (χ3n) is 1.96. The number of nitrogens with zero attached hydrogens (tertiary/aromatic N) is 1. The summed E-state index contributed by atoms with van der Waals surface area (Å²) in [4.78, 5) is 26.4. The van der Waals surface area contributed by atoms with Crippen LogP contribution in [-0.2, 0) is 21.0 Å². The van der Waals surface area contributed by atoms with Gasteiger partial charge in [0.2, 0.25) is 5.71 Å². The molecule has 1 aromatic rings. The fraction of sp³-hybridized carbons (Fsp3) is 0.300. The second-order valence-corrected chi connectivity index (χ2v) is 4.54. The van der Waals surface area contributed by atoms with E-state index in [0.717, 1.165) is 11.3 Å². The number of nitrogens with one attached hydrogen (secondary N) is 1. The van der Waals surface area contributed by atoms with Crippen LogP contribution in [0.15, 0.2) is 17.3 Å². The maximum absolute atomic E-state index is 12.0. The Hall–Kier alpha value is -2.10. The van der Waals surface area contributed by atoms with Crippen LogP contribution in [0.5, 0.6) is 0 Å². The molecule has 10 heteroatoms. The average Bonchev–Trinajstić information content (AvgIpc) is 2.79. The van der Waals surface area contributed by atoms with Crippen LogP contribution in [0.2, 0.25) is 0 Å². The summed E-state index contributed by atoms with van der Waals surface area (Å²) < 4.78 is 35.9. The highest BCUT2D eigenvalue weighted by molar-refractivity contribution is 7.14. The van der Waals surface area contributed by atoms with E-state index in [2.05, 4.69) is 9.99 Å². The Morgan fingerprint density at radius 3 is 2.60 bits per heavy atom. The number of alkyl halides is 3. The van der Waals surface area contributed by atoms with Crippen LogP contribution in [0.25, 0.3) is 0 Å². The van der Waals surface area contributed by atoms with Crippen LogP contribution in [0, 0.1) is 0 Å². The zero-order valence-corrected chi connectivity index (χ0v) is 10.8. The van der Waals surface area contributed by atoms with Gasteiger partial charge >= 0.3 is 18.1 Å².